The zero-order valence-electron chi connectivity index (χ0n) is 18.9. The standard InChI is InChI=1S/C24H23N9O2/c25-24-28-11-17(12-29-24)21-31-19-8-16(10-27-20(19)22(32-21)33-3-5-35-6-4-33)15-7-18(13-26-9-15)30-23(34)14-1-2-14/h7-14H,1-6H2,(H,30,34)(H2,25,28,29). The molecule has 11 heteroatoms. The number of hydrogen-bond donors (Lipinski definition) is 2. The van der Waals surface area contributed by atoms with Crippen LogP contribution in [0.4, 0.5) is 17.5 Å². The second kappa shape index (κ2) is 8.84. The number of pyridine rings is 2. The average molecular weight is 470 g/mol. The molecule has 6 rings (SSSR count). The maximum Gasteiger partial charge on any atom is 0.227 e. The van der Waals surface area contributed by atoms with Crippen LogP contribution in [0, 0.1) is 5.92 Å². The van der Waals surface area contributed by atoms with Gasteiger partial charge in [-0.25, -0.2) is 19.9 Å². The van der Waals surface area contributed by atoms with Crippen molar-refractivity contribution < 1.29 is 9.53 Å². The number of fused-ring (bicyclic) bond motifs is 1. The van der Waals surface area contributed by atoms with E-state index in [4.69, 9.17) is 25.4 Å². The number of nitrogen functional groups attached to an aromatic ring is 1. The molecule has 5 heterocycles. The first-order chi connectivity index (χ1) is 17.1. The first-order valence-corrected chi connectivity index (χ1v) is 11.5. The Bertz CT molecular complexity index is 1400. The summed E-state index contributed by atoms with van der Waals surface area (Å²) in [5, 5.41) is 2.95. The fourth-order valence-corrected chi connectivity index (χ4v) is 4.00. The third-order valence-electron chi connectivity index (χ3n) is 6.05. The lowest BCUT2D eigenvalue weighted by Gasteiger charge is -2.28. The quantitative estimate of drug-likeness (QED) is 0.446. The summed E-state index contributed by atoms with van der Waals surface area (Å²) >= 11 is 0. The molecule has 0 aromatic carbocycles. The summed E-state index contributed by atoms with van der Waals surface area (Å²) in [4.78, 5) is 41.1. The fraction of sp³-hybridized carbons (Fsp3) is 0.292. The highest BCUT2D eigenvalue weighted by Crippen LogP contribution is 2.32. The maximum absolute atomic E-state index is 12.2. The highest BCUT2D eigenvalue weighted by atomic mass is 16.5. The van der Waals surface area contributed by atoms with Gasteiger partial charge in [0.05, 0.1) is 36.2 Å². The predicted octanol–water partition coefficient (Wildman–Crippen LogP) is 2.31. The minimum absolute atomic E-state index is 0.0406. The summed E-state index contributed by atoms with van der Waals surface area (Å²) < 4.78 is 5.52. The van der Waals surface area contributed by atoms with Gasteiger partial charge in [-0.1, -0.05) is 0 Å². The lowest BCUT2D eigenvalue weighted by atomic mass is 10.1. The predicted molar refractivity (Wildman–Crippen MR) is 130 cm³/mol. The van der Waals surface area contributed by atoms with E-state index >= 15 is 0 Å². The molecule has 0 radical (unpaired) electrons. The van der Waals surface area contributed by atoms with E-state index in [9.17, 15) is 4.79 Å². The molecule has 2 fully saturated rings. The Hall–Kier alpha value is -4.25. The molecule has 2 aliphatic rings. The van der Waals surface area contributed by atoms with Crippen LogP contribution in [-0.4, -0.2) is 62.1 Å². The zero-order valence-corrected chi connectivity index (χ0v) is 18.9. The van der Waals surface area contributed by atoms with E-state index in [1.54, 1.807) is 31.0 Å². The van der Waals surface area contributed by atoms with Gasteiger partial charge in [-0.05, 0) is 25.0 Å². The zero-order chi connectivity index (χ0) is 23.8. The molecule has 4 aromatic heterocycles. The number of nitrogens with one attached hydrogen (secondary N) is 1. The van der Waals surface area contributed by atoms with E-state index in [1.165, 1.54) is 0 Å². The number of rotatable bonds is 5. The molecule has 1 saturated carbocycles. The molecule has 1 amide bonds. The second-order valence-corrected chi connectivity index (χ2v) is 8.62. The first-order valence-electron chi connectivity index (χ1n) is 11.5. The second-order valence-electron chi connectivity index (χ2n) is 8.62. The largest absolute Gasteiger partial charge is 0.378 e. The number of morpholine rings is 1. The van der Waals surface area contributed by atoms with Crippen molar-refractivity contribution in [3.63, 3.8) is 0 Å². The number of nitrogens with zero attached hydrogens (tertiary/aromatic N) is 7. The van der Waals surface area contributed by atoms with Crippen molar-refractivity contribution in [2.45, 2.75) is 12.8 Å². The van der Waals surface area contributed by atoms with Gasteiger partial charge in [-0.3, -0.25) is 14.8 Å². The van der Waals surface area contributed by atoms with Crippen LogP contribution in [0.25, 0.3) is 33.5 Å². The van der Waals surface area contributed by atoms with E-state index in [1.807, 2.05) is 12.1 Å². The van der Waals surface area contributed by atoms with Crippen LogP contribution in [0.15, 0.2) is 43.1 Å². The Balaban J connectivity index is 1.42. The van der Waals surface area contributed by atoms with Gasteiger partial charge in [0.2, 0.25) is 11.9 Å². The van der Waals surface area contributed by atoms with Gasteiger partial charge < -0.3 is 20.7 Å². The van der Waals surface area contributed by atoms with Gasteiger partial charge in [0.1, 0.15) is 5.52 Å². The van der Waals surface area contributed by atoms with Gasteiger partial charge in [-0.2, -0.15) is 0 Å². The third-order valence-corrected chi connectivity index (χ3v) is 6.05. The molecule has 4 aromatic rings. The molecule has 176 valence electrons. The van der Waals surface area contributed by atoms with Gasteiger partial charge in [0.15, 0.2) is 11.6 Å². The number of ether oxygens (including phenoxy) is 1. The molecule has 1 saturated heterocycles. The van der Waals surface area contributed by atoms with Crippen molar-refractivity contribution in [1.82, 2.24) is 29.9 Å². The van der Waals surface area contributed by atoms with Crippen molar-refractivity contribution in [3.05, 3.63) is 43.1 Å². The number of carbonyl (C=O) groups is 1. The number of nitrogens with two attached hydrogens (primary N) is 1. The van der Waals surface area contributed by atoms with Crippen LogP contribution in [0.1, 0.15) is 12.8 Å². The summed E-state index contributed by atoms with van der Waals surface area (Å²) in [5.41, 5.74) is 10.0. The Labute approximate surface area is 200 Å². The Kier molecular flexibility index (Phi) is 5.38. The molecule has 11 nitrogen and oxygen atoms in total. The summed E-state index contributed by atoms with van der Waals surface area (Å²) in [7, 11) is 0. The number of hydrogen-bond acceptors (Lipinski definition) is 10. The fourth-order valence-electron chi connectivity index (χ4n) is 4.00. The monoisotopic (exact) mass is 469 g/mol. The Morgan fingerprint density at radius 2 is 1.69 bits per heavy atom. The van der Waals surface area contributed by atoms with Crippen LogP contribution in [0.2, 0.25) is 0 Å². The number of amides is 1. The molecule has 1 aliphatic heterocycles. The van der Waals surface area contributed by atoms with Crippen molar-refractivity contribution in [3.8, 4) is 22.5 Å². The molecule has 0 spiro atoms. The van der Waals surface area contributed by atoms with Crippen molar-refractivity contribution in [1.29, 1.82) is 0 Å². The van der Waals surface area contributed by atoms with E-state index in [0.29, 0.717) is 54.4 Å². The van der Waals surface area contributed by atoms with Gasteiger partial charge in [0, 0.05) is 54.9 Å². The summed E-state index contributed by atoms with van der Waals surface area (Å²) in [6.07, 6.45) is 10.3. The molecule has 1 aliphatic carbocycles. The van der Waals surface area contributed by atoms with Crippen molar-refractivity contribution >= 4 is 34.4 Å². The van der Waals surface area contributed by atoms with Crippen molar-refractivity contribution in [2.75, 3.05) is 42.3 Å². The van der Waals surface area contributed by atoms with E-state index < -0.39 is 0 Å². The summed E-state index contributed by atoms with van der Waals surface area (Å²) in [6.45, 7) is 2.66. The van der Waals surface area contributed by atoms with E-state index in [0.717, 1.165) is 29.8 Å². The normalized spacial score (nSPS) is 15.8. The molecular weight excluding hydrogens is 446 g/mol. The highest BCUT2D eigenvalue weighted by Gasteiger charge is 2.29. The lowest BCUT2D eigenvalue weighted by Crippen LogP contribution is -2.37. The Morgan fingerprint density at radius 1 is 0.943 bits per heavy atom. The summed E-state index contributed by atoms with van der Waals surface area (Å²) in [5.74, 6) is 1.57. The lowest BCUT2D eigenvalue weighted by molar-refractivity contribution is -0.117. The van der Waals surface area contributed by atoms with Crippen molar-refractivity contribution in [2.24, 2.45) is 5.92 Å². The smallest absolute Gasteiger partial charge is 0.227 e. The third kappa shape index (κ3) is 4.45. The van der Waals surface area contributed by atoms with Gasteiger partial charge in [-0.15, -0.1) is 0 Å². The molecule has 0 atom stereocenters. The Morgan fingerprint density at radius 3 is 2.46 bits per heavy atom. The molecule has 0 bridgehead atoms. The van der Waals surface area contributed by atoms with Crippen LogP contribution < -0.4 is 16.0 Å². The van der Waals surface area contributed by atoms with Crippen LogP contribution in [0.3, 0.4) is 0 Å². The number of aromatic nitrogens is 6. The molecule has 0 unspecified atom stereocenters. The topological polar surface area (TPSA) is 145 Å². The van der Waals surface area contributed by atoms with Gasteiger partial charge >= 0.3 is 0 Å². The highest BCUT2D eigenvalue weighted by molar-refractivity contribution is 5.95. The van der Waals surface area contributed by atoms with Crippen LogP contribution >= 0.6 is 0 Å². The minimum Gasteiger partial charge on any atom is -0.378 e. The number of carbonyl (C=O) groups excluding carboxylic acids is 1. The minimum atomic E-state index is 0.0406. The van der Waals surface area contributed by atoms with Crippen LogP contribution in [-0.2, 0) is 9.53 Å². The average Bonchev–Trinajstić information content (AvgIpc) is 3.75. The molecule has 35 heavy (non-hydrogen) atoms. The van der Waals surface area contributed by atoms with Crippen LogP contribution in [0.5, 0.6) is 0 Å². The maximum atomic E-state index is 12.2. The van der Waals surface area contributed by atoms with Gasteiger partial charge in [0.25, 0.3) is 0 Å². The molecular formula is C24H23N9O2. The summed E-state index contributed by atoms with van der Waals surface area (Å²) in [6, 6.07) is 3.86. The van der Waals surface area contributed by atoms with E-state index in [-0.39, 0.29) is 17.8 Å². The first kappa shape index (κ1) is 21.3. The SMILES string of the molecule is Nc1ncc(-c2nc(N3CCOCC3)c3ncc(-c4cncc(NC(=O)C5CC5)c4)cc3n2)cn1. The van der Waals surface area contributed by atoms with E-state index in [2.05, 4.69) is 25.2 Å². The number of anilines is 3. The molecule has 3 N–H and O–H groups in total.